The Kier molecular flexibility index (Phi) is 5.50. The van der Waals surface area contributed by atoms with E-state index < -0.39 is 0 Å². The molecule has 0 amide bonds. The van der Waals surface area contributed by atoms with Crippen molar-refractivity contribution in [3.63, 3.8) is 0 Å². The molecule has 1 heterocycles. The van der Waals surface area contributed by atoms with Crippen LogP contribution < -0.4 is 11.3 Å². The van der Waals surface area contributed by atoms with Crippen LogP contribution in [0.4, 0.5) is 0 Å². The molecule has 2 rings (SSSR count). The molecule has 2 aromatic rings. The number of ether oxygens (including phenoxy) is 1. The van der Waals surface area contributed by atoms with Crippen LogP contribution in [0.5, 0.6) is 0 Å². The van der Waals surface area contributed by atoms with E-state index >= 15 is 0 Å². The Hall–Kier alpha value is -1.69. The van der Waals surface area contributed by atoms with E-state index in [1.54, 1.807) is 0 Å². The summed E-state index contributed by atoms with van der Waals surface area (Å²) in [5, 5.41) is 4.38. The Morgan fingerprint density at radius 1 is 1.33 bits per heavy atom. The summed E-state index contributed by atoms with van der Waals surface area (Å²) in [5.74, 6) is 5.79. The molecule has 0 radical (unpaired) electrons. The summed E-state index contributed by atoms with van der Waals surface area (Å²) in [5.41, 5.74) is 6.18. The van der Waals surface area contributed by atoms with Gasteiger partial charge >= 0.3 is 0 Å². The van der Waals surface area contributed by atoms with Gasteiger partial charge in [-0.3, -0.25) is 16.0 Å². The summed E-state index contributed by atoms with van der Waals surface area (Å²) in [6.45, 7) is 4.63. The second kappa shape index (κ2) is 7.36. The fourth-order valence-corrected chi connectivity index (χ4v) is 2.60. The molecule has 0 aliphatic rings. The van der Waals surface area contributed by atoms with Gasteiger partial charge in [0.1, 0.15) is 0 Å². The number of hydrogen-bond acceptors (Lipinski definition) is 4. The molecule has 1 aromatic heterocycles. The van der Waals surface area contributed by atoms with E-state index in [1.807, 2.05) is 43.8 Å². The molecule has 0 aliphatic heterocycles. The minimum Gasteiger partial charge on any atom is -0.372 e. The van der Waals surface area contributed by atoms with E-state index in [0.717, 1.165) is 23.4 Å². The molecule has 0 spiro atoms. The Morgan fingerprint density at radius 3 is 2.57 bits per heavy atom. The molecular weight excluding hydrogens is 264 g/mol. The molecule has 2 unspecified atom stereocenters. The highest BCUT2D eigenvalue weighted by Crippen LogP contribution is 2.23. The van der Waals surface area contributed by atoms with Gasteiger partial charge in [0.05, 0.1) is 17.8 Å². The molecule has 5 nitrogen and oxygen atoms in total. The van der Waals surface area contributed by atoms with Crippen molar-refractivity contribution in [2.45, 2.75) is 32.4 Å². The minimum absolute atomic E-state index is 0.0119. The smallest absolute Gasteiger partial charge is 0.0994 e. The van der Waals surface area contributed by atoms with Gasteiger partial charge in [0.15, 0.2) is 0 Å². The fraction of sp³-hybridized carbons (Fsp3) is 0.438. The normalized spacial score (nSPS) is 14.1. The van der Waals surface area contributed by atoms with Gasteiger partial charge in [-0.25, -0.2) is 0 Å². The van der Waals surface area contributed by atoms with Gasteiger partial charge in [0.2, 0.25) is 0 Å². The predicted octanol–water partition coefficient (Wildman–Crippen LogP) is 1.88. The van der Waals surface area contributed by atoms with Crippen molar-refractivity contribution in [1.29, 1.82) is 0 Å². The van der Waals surface area contributed by atoms with Crippen molar-refractivity contribution in [3.8, 4) is 0 Å². The Labute approximate surface area is 126 Å². The van der Waals surface area contributed by atoms with Gasteiger partial charge in [-0.2, -0.15) is 5.10 Å². The van der Waals surface area contributed by atoms with Crippen molar-refractivity contribution < 1.29 is 4.74 Å². The predicted molar refractivity (Wildman–Crippen MR) is 83.6 cm³/mol. The maximum absolute atomic E-state index is 5.93. The van der Waals surface area contributed by atoms with E-state index in [0.29, 0.717) is 6.61 Å². The molecule has 0 fully saturated rings. The van der Waals surface area contributed by atoms with Crippen LogP contribution in [-0.2, 0) is 18.2 Å². The number of hydrogen-bond donors (Lipinski definition) is 2. The summed E-state index contributed by atoms with van der Waals surface area (Å²) < 4.78 is 7.82. The monoisotopic (exact) mass is 288 g/mol. The lowest BCUT2D eigenvalue weighted by Gasteiger charge is -2.27. The van der Waals surface area contributed by atoms with Gasteiger partial charge in [-0.1, -0.05) is 30.3 Å². The van der Waals surface area contributed by atoms with E-state index in [-0.39, 0.29) is 12.1 Å². The number of nitrogens with zero attached hydrogens (tertiary/aromatic N) is 2. The Morgan fingerprint density at radius 2 is 2.05 bits per heavy atom. The SMILES string of the molecule is CCOC(c1ccccc1)C(Cc1cc(C)nn1C)NN. The Balaban J connectivity index is 2.22. The Bertz CT molecular complexity index is 553. The molecule has 114 valence electrons. The average Bonchev–Trinajstić information content (AvgIpc) is 2.81. The molecule has 0 saturated heterocycles. The first-order valence-corrected chi connectivity index (χ1v) is 7.28. The highest BCUT2D eigenvalue weighted by Gasteiger charge is 2.24. The number of benzene rings is 1. The highest BCUT2D eigenvalue weighted by molar-refractivity contribution is 5.20. The largest absolute Gasteiger partial charge is 0.372 e. The first-order valence-electron chi connectivity index (χ1n) is 7.28. The van der Waals surface area contributed by atoms with Crippen molar-refractivity contribution in [2.75, 3.05) is 6.61 Å². The van der Waals surface area contributed by atoms with Crippen LogP contribution in [0, 0.1) is 6.92 Å². The van der Waals surface area contributed by atoms with Crippen LogP contribution >= 0.6 is 0 Å². The standard InChI is InChI=1S/C16H24N4O/c1-4-21-16(13-8-6-5-7-9-13)15(18-17)11-14-10-12(2)19-20(14)3/h5-10,15-16,18H,4,11,17H2,1-3H3. The third-order valence-corrected chi connectivity index (χ3v) is 3.58. The minimum atomic E-state index is -0.0867. The van der Waals surface area contributed by atoms with Crippen LogP contribution in [-0.4, -0.2) is 22.4 Å². The van der Waals surface area contributed by atoms with Gasteiger partial charge in [-0.15, -0.1) is 0 Å². The third kappa shape index (κ3) is 3.91. The van der Waals surface area contributed by atoms with E-state index in [9.17, 15) is 0 Å². The third-order valence-electron chi connectivity index (χ3n) is 3.58. The van der Waals surface area contributed by atoms with Crippen LogP contribution in [0.15, 0.2) is 36.4 Å². The molecule has 2 atom stereocenters. The van der Waals surface area contributed by atoms with E-state index in [2.05, 4.69) is 28.7 Å². The molecular formula is C16H24N4O. The van der Waals surface area contributed by atoms with Gasteiger partial charge in [0.25, 0.3) is 0 Å². The zero-order valence-corrected chi connectivity index (χ0v) is 12.9. The van der Waals surface area contributed by atoms with Crippen molar-refractivity contribution in [3.05, 3.63) is 53.3 Å². The summed E-state index contributed by atoms with van der Waals surface area (Å²) >= 11 is 0. The summed E-state index contributed by atoms with van der Waals surface area (Å²) in [6.07, 6.45) is 0.671. The van der Waals surface area contributed by atoms with Crippen molar-refractivity contribution >= 4 is 0 Å². The van der Waals surface area contributed by atoms with Crippen LogP contribution in [0.25, 0.3) is 0 Å². The lowest BCUT2D eigenvalue weighted by atomic mass is 9.98. The molecule has 0 aliphatic carbocycles. The first-order chi connectivity index (χ1) is 10.2. The average molecular weight is 288 g/mol. The molecule has 3 N–H and O–H groups in total. The molecule has 21 heavy (non-hydrogen) atoms. The van der Waals surface area contributed by atoms with Gasteiger partial charge < -0.3 is 4.74 Å². The number of aryl methyl sites for hydroxylation is 2. The molecule has 5 heteroatoms. The first kappa shape index (κ1) is 15.7. The van der Waals surface area contributed by atoms with E-state index in [4.69, 9.17) is 10.6 Å². The molecule has 0 saturated carbocycles. The molecule has 0 bridgehead atoms. The highest BCUT2D eigenvalue weighted by atomic mass is 16.5. The zero-order valence-electron chi connectivity index (χ0n) is 12.9. The quantitative estimate of drug-likeness (QED) is 0.603. The summed E-state index contributed by atoms with van der Waals surface area (Å²) in [7, 11) is 1.95. The number of nitrogens with two attached hydrogens (primary N) is 1. The topological polar surface area (TPSA) is 65.1 Å². The van der Waals surface area contributed by atoms with Crippen molar-refractivity contribution in [1.82, 2.24) is 15.2 Å². The van der Waals surface area contributed by atoms with Gasteiger partial charge in [-0.05, 0) is 25.5 Å². The second-order valence-corrected chi connectivity index (χ2v) is 5.16. The number of hydrazine groups is 1. The zero-order chi connectivity index (χ0) is 15.2. The maximum Gasteiger partial charge on any atom is 0.0994 e. The molecule has 1 aromatic carbocycles. The van der Waals surface area contributed by atoms with E-state index in [1.165, 1.54) is 0 Å². The summed E-state index contributed by atoms with van der Waals surface area (Å²) in [4.78, 5) is 0. The van der Waals surface area contributed by atoms with Gasteiger partial charge in [0, 0.05) is 25.8 Å². The lowest BCUT2D eigenvalue weighted by Crippen LogP contribution is -2.42. The van der Waals surface area contributed by atoms with Crippen LogP contribution in [0.2, 0.25) is 0 Å². The maximum atomic E-state index is 5.93. The number of aromatic nitrogens is 2. The van der Waals surface area contributed by atoms with Crippen LogP contribution in [0.1, 0.15) is 30.0 Å². The van der Waals surface area contributed by atoms with Crippen molar-refractivity contribution in [2.24, 2.45) is 12.9 Å². The fourth-order valence-electron chi connectivity index (χ4n) is 2.60. The second-order valence-electron chi connectivity index (χ2n) is 5.16. The number of rotatable bonds is 7. The summed E-state index contributed by atoms with van der Waals surface area (Å²) in [6, 6.07) is 12.2. The number of nitrogens with one attached hydrogen (secondary N) is 1. The van der Waals surface area contributed by atoms with Crippen LogP contribution in [0.3, 0.4) is 0 Å². The lowest BCUT2D eigenvalue weighted by molar-refractivity contribution is 0.0327.